The predicted octanol–water partition coefficient (Wildman–Crippen LogP) is 0.880. The highest BCUT2D eigenvalue weighted by molar-refractivity contribution is 5.58. The van der Waals surface area contributed by atoms with Crippen molar-refractivity contribution in [1.29, 1.82) is 0 Å². The number of piperazine rings is 1. The molecule has 1 fully saturated rings. The Kier molecular flexibility index (Phi) is 4.14. The fourth-order valence-electron chi connectivity index (χ4n) is 2.25. The van der Waals surface area contributed by atoms with Crippen molar-refractivity contribution in [2.45, 2.75) is 19.8 Å². The summed E-state index contributed by atoms with van der Waals surface area (Å²) in [6.07, 6.45) is 3.79. The second-order valence-corrected chi connectivity index (χ2v) is 4.26. The Bertz CT molecular complexity index is 360. The highest BCUT2D eigenvalue weighted by Crippen LogP contribution is 2.24. The monoisotopic (exact) mass is 235 g/mol. The molecule has 2 N–H and O–H groups in total. The first kappa shape index (κ1) is 12.1. The lowest BCUT2D eigenvalue weighted by Crippen LogP contribution is -2.44. The van der Waals surface area contributed by atoms with E-state index in [1.165, 1.54) is 5.56 Å². The van der Waals surface area contributed by atoms with Crippen LogP contribution in [-0.4, -0.2) is 43.2 Å². The molecule has 0 amide bonds. The van der Waals surface area contributed by atoms with Crippen molar-refractivity contribution in [3.05, 3.63) is 11.9 Å². The Labute approximate surface area is 103 Å². The van der Waals surface area contributed by atoms with Crippen LogP contribution in [0.4, 0.5) is 11.6 Å². The van der Waals surface area contributed by atoms with E-state index in [-0.39, 0.29) is 0 Å². The van der Waals surface area contributed by atoms with Crippen LogP contribution in [0.5, 0.6) is 0 Å². The average Bonchev–Trinajstić information content (AvgIpc) is 2.40. The van der Waals surface area contributed by atoms with E-state index in [2.05, 4.69) is 32.4 Å². The van der Waals surface area contributed by atoms with Crippen LogP contribution in [0.25, 0.3) is 0 Å². The van der Waals surface area contributed by atoms with Gasteiger partial charge in [-0.3, -0.25) is 0 Å². The summed E-state index contributed by atoms with van der Waals surface area (Å²) in [5, 5.41) is 6.53. The maximum absolute atomic E-state index is 4.48. The van der Waals surface area contributed by atoms with Crippen LogP contribution in [0.2, 0.25) is 0 Å². The van der Waals surface area contributed by atoms with Crippen molar-refractivity contribution in [1.82, 2.24) is 15.3 Å². The summed E-state index contributed by atoms with van der Waals surface area (Å²) in [7, 11) is 1.92. The fraction of sp³-hybridized carbons (Fsp3) is 0.667. The molecule has 2 heterocycles. The van der Waals surface area contributed by atoms with E-state index >= 15 is 0 Å². The molecule has 2 rings (SSSR count). The maximum atomic E-state index is 4.48. The largest absolute Gasteiger partial charge is 0.373 e. The quantitative estimate of drug-likeness (QED) is 0.811. The molecule has 0 radical (unpaired) electrons. The number of hydrogen-bond acceptors (Lipinski definition) is 5. The Morgan fingerprint density at radius 2 is 2.12 bits per heavy atom. The molecule has 1 aromatic rings. The predicted molar refractivity (Wildman–Crippen MR) is 70.7 cm³/mol. The minimum absolute atomic E-state index is 0.968. The summed E-state index contributed by atoms with van der Waals surface area (Å²) in [4.78, 5) is 11.1. The van der Waals surface area contributed by atoms with Gasteiger partial charge in [-0.1, -0.05) is 13.3 Å². The number of rotatable bonds is 4. The molecule has 5 heteroatoms. The van der Waals surface area contributed by atoms with E-state index in [0.29, 0.717) is 0 Å². The van der Waals surface area contributed by atoms with Crippen molar-refractivity contribution in [3.8, 4) is 0 Å². The maximum Gasteiger partial charge on any atom is 0.137 e. The fourth-order valence-corrected chi connectivity index (χ4v) is 2.25. The zero-order valence-corrected chi connectivity index (χ0v) is 10.7. The summed E-state index contributed by atoms with van der Waals surface area (Å²) in [6.45, 7) is 6.30. The SMILES string of the molecule is CCCc1c(NC)ncnc1N1CCNCC1. The molecule has 1 aliphatic rings. The molecular weight excluding hydrogens is 214 g/mol. The van der Waals surface area contributed by atoms with Crippen molar-refractivity contribution in [2.24, 2.45) is 0 Å². The number of hydrogen-bond donors (Lipinski definition) is 2. The van der Waals surface area contributed by atoms with Crippen LogP contribution in [0.15, 0.2) is 6.33 Å². The lowest BCUT2D eigenvalue weighted by Gasteiger charge is -2.30. The molecule has 0 bridgehead atoms. The van der Waals surface area contributed by atoms with Crippen molar-refractivity contribution >= 4 is 11.6 Å². The lowest BCUT2D eigenvalue weighted by atomic mass is 10.1. The van der Waals surface area contributed by atoms with Crippen molar-refractivity contribution in [3.63, 3.8) is 0 Å². The van der Waals surface area contributed by atoms with Gasteiger partial charge in [0.1, 0.15) is 18.0 Å². The molecule has 0 saturated carbocycles. The Morgan fingerprint density at radius 1 is 1.35 bits per heavy atom. The van der Waals surface area contributed by atoms with Crippen LogP contribution in [0.3, 0.4) is 0 Å². The molecule has 5 nitrogen and oxygen atoms in total. The number of aromatic nitrogens is 2. The highest BCUT2D eigenvalue weighted by Gasteiger charge is 2.17. The average molecular weight is 235 g/mol. The van der Waals surface area contributed by atoms with Gasteiger partial charge in [0.25, 0.3) is 0 Å². The topological polar surface area (TPSA) is 53.1 Å². The zero-order valence-electron chi connectivity index (χ0n) is 10.7. The van der Waals surface area contributed by atoms with Gasteiger partial charge < -0.3 is 15.5 Å². The van der Waals surface area contributed by atoms with E-state index < -0.39 is 0 Å². The number of nitrogens with one attached hydrogen (secondary N) is 2. The van der Waals surface area contributed by atoms with Gasteiger partial charge in [0.2, 0.25) is 0 Å². The third-order valence-corrected chi connectivity index (χ3v) is 3.08. The lowest BCUT2D eigenvalue weighted by molar-refractivity contribution is 0.582. The Balaban J connectivity index is 2.30. The first-order chi connectivity index (χ1) is 8.36. The zero-order chi connectivity index (χ0) is 12.1. The highest BCUT2D eigenvalue weighted by atomic mass is 15.2. The van der Waals surface area contributed by atoms with Crippen LogP contribution >= 0.6 is 0 Å². The number of nitrogens with zero attached hydrogens (tertiary/aromatic N) is 3. The van der Waals surface area contributed by atoms with Gasteiger partial charge >= 0.3 is 0 Å². The minimum atomic E-state index is 0.968. The van der Waals surface area contributed by atoms with Crippen molar-refractivity contribution < 1.29 is 0 Å². The molecular formula is C12H21N5. The molecule has 17 heavy (non-hydrogen) atoms. The Hall–Kier alpha value is -1.36. The molecule has 1 saturated heterocycles. The molecule has 0 aromatic carbocycles. The smallest absolute Gasteiger partial charge is 0.137 e. The summed E-state index contributed by atoms with van der Waals surface area (Å²) >= 11 is 0. The van der Waals surface area contributed by atoms with E-state index in [9.17, 15) is 0 Å². The summed E-state index contributed by atoms with van der Waals surface area (Å²) in [5.41, 5.74) is 1.25. The van der Waals surface area contributed by atoms with Crippen LogP contribution in [0.1, 0.15) is 18.9 Å². The number of anilines is 2. The van der Waals surface area contributed by atoms with Crippen LogP contribution in [-0.2, 0) is 6.42 Å². The molecule has 0 unspecified atom stereocenters. The van der Waals surface area contributed by atoms with E-state index in [4.69, 9.17) is 0 Å². The van der Waals surface area contributed by atoms with Gasteiger partial charge in [-0.2, -0.15) is 0 Å². The van der Waals surface area contributed by atoms with Crippen molar-refractivity contribution in [2.75, 3.05) is 43.4 Å². The molecule has 0 spiro atoms. The Morgan fingerprint density at radius 3 is 2.76 bits per heavy atom. The normalized spacial score (nSPS) is 16.0. The van der Waals surface area contributed by atoms with Crippen LogP contribution < -0.4 is 15.5 Å². The van der Waals surface area contributed by atoms with E-state index in [1.807, 2.05) is 7.05 Å². The van der Waals surface area contributed by atoms with Gasteiger partial charge in [0.05, 0.1) is 0 Å². The first-order valence-corrected chi connectivity index (χ1v) is 6.34. The molecule has 0 atom stereocenters. The third-order valence-electron chi connectivity index (χ3n) is 3.08. The van der Waals surface area contributed by atoms with Gasteiger partial charge in [-0.15, -0.1) is 0 Å². The van der Waals surface area contributed by atoms with Gasteiger partial charge in [0, 0.05) is 38.8 Å². The molecule has 1 aromatic heterocycles. The standard InChI is InChI=1S/C12H21N5/c1-3-4-10-11(13-2)15-9-16-12(10)17-7-5-14-6-8-17/h9,14H,3-8H2,1-2H3,(H,13,15,16). The van der Waals surface area contributed by atoms with Gasteiger partial charge in [-0.25, -0.2) is 9.97 Å². The molecule has 94 valence electrons. The molecule has 0 aliphatic carbocycles. The molecule has 1 aliphatic heterocycles. The first-order valence-electron chi connectivity index (χ1n) is 6.34. The van der Waals surface area contributed by atoms with Gasteiger partial charge in [-0.05, 0) is 6.42 Å². The van der Waals surface area contributed by atoms with Crippen LogP contribution in [0, 0.1) is 0 Å². The van der Waals surface area contributed by atoms with Gasteiger partial charge in [0.15, 0.2) is 0 Å². The van der Waals surface area contributed by atoms with E-state index in [1.54, 1.807) is 6.33 Å². The van der Waals surface area contributed by atoms with E-state index in [0.717, 1.165) is 50.7 Å². The summed E-state index contributed by atoms with van der Waals surface area (Å²) < 4.78 is 0. The third kappa shape index (κ3) is 2.66. The minimum Gasteiger partial charge on any atom is -0.373 e. The second kappa shape index (κ2) is 5.82. The summed E-state index contributed by atoms with van der Waals surface area (Å²) in [6, 6.07) is 0. The summed E-state index contributed by atoms with van der Waals surface area (Å²) in [5.74, 6) is 2.07. The second-order valence-electron chi connectivity index (χ2n) is 4.26.